The summed E-state index contributed by atoms with van der Waals surface area (Å²) in [5.74, 6) is 1.15. The van der Waals surface area contributed by atoms with Gasteiger partial charge in [0, 0.05) is 12.1 Å². The van der Waals surface area contributed by atoms with E-state index in [1.165, 1.54) is 10.6 Å². The molecular formula is C19H20N2O5S. The number of hydrogen-bond donors (Lipinski definition) is 1. The van der Waals surface area contributed by atoms with Crippen molar-refractivity contribution in [2.45, 2.75) is 12.5 Å². The summed E-state index contributed by atoms with van der Waals surface area (Å²) in [7, 11) is -3.30. The number of ether oxygens (including phenoxy) is 2. The number of carbonyl (C=O) groups excluding carboxylic acids is 1. The van der Waals surface area contributed by atoms with Crippen LogP contribution in [0, 0.1) is 0 Å². The van der Waals surface area contributed by atoms with Gasteiger partial charge < -0.3 is 14.8 Å². The minimum atomic E-state index is -3.30. The Hall–Kier alpha value is -2.74. The molecule has 0 unspecified atom stereocenters. The first-order valence-electron chi connectivity index (χ1n) is 8.69. The summed E-state index contributed by atoms with van der Waals surface area (Å²) in [5, 5.41) is 2.86. The van der Waals surface area contributed by atoms with E-state index in [4.69, 9.17) is 9.47 Å². The normalized spacial score (nSPS) is 18.1. The maximum atomic E-state index is 12.5. The first kappa shape index (κ1) is 17.7. The standard InChI is InChI=1S/C19H20N2O5S/c1-27(23,24)21-9-8-13-10-14(6-7-16(13)21)19(22)20-11-15-12-25-17-4-2-3-5-18(17)26-15/h2-7,10,15H,8-9,11-12H2,1H3,(H,20,22)/t15-/m0/s1. The second-order valence-corrected chi connectivity index (χ2v) is 8.54. The summed E-state index contributed by atoms with van der Waals surface area (Å²) < 4.78 is 36.4. The van der Waals surface area contributed by atoms with Crippen molar-refractivity contribution in [2.24, 2.45) is 0 Å². The van der Waals surface area contributed by atoms with E-state index in [1.54, 1.807) is 18.2 Å². The monoisotopic (exact) mass is 388 g/mol. The van der Waals surface area contributed by atoms with E-state index >= 15 is 0 Å². The van der Waals surface area contributed by atoms with E-state index in [0.29, 0.717) is 48.9 Å². The number of para-hydroxylation sites is 2. The van der Waals surface area contributed by atoms with Crippen LogP contribution < -0.4 is 19.1 Å². The Morgan fingerprint density at radius 3 is 2.78 bits per heavy atom. The number of nitrogens with one attached hydrogen (secondary N) is 1. The van der Waals surface area contributed by atoms with Gasteiger partial charge in [0.1, 0.15) is 12.7 Å². The molecule has 2 aliphatic rings. The third-order valence-electron chi connectivity index (χ3n) is 4.65. The molecule has 0 bridgehead atoms. The fourth-order valence-electron chi connectivity index (χ4n) is 3.33. The number of fused-ring (bicyclic) bond motifs is 2. The van der Waals surface area contributed by atoms with E-state index in [9.17, 15) is 13.2 Å². The molecule has 27 heavy (non-hydrogen) atoms. The first-order valence-corrected chi connectivity index (χ1v) is 10.5. The molecule has 2 aliphatic heterocycles. The van der Waals surface area contributed by atoms with Gasteiger partial charge in [-0.2, -0.15) is 0 Å². The maximum absolute atomic E-state index is 12.5. The third kappa shape index (κ3) is 3.57. The lowest BCUT2D eigenvalue weighted by atomic mass is 10.1. The van der Waals surface area contributed by atoms with E-state index in [1.807, 2.05) is 24.3 Å². The maximum Gasteiger partial charge on any atom is 0.251 e. The third-order valence-corrected chi connectivity index (χ3v) is 5.83. The number of nitrogens with zero attached hydrogens (tertiary/aromatic N) is 1. The molecule has 1 atom stereocenters. The van der Waals surface area contributed by atoms with E-state index in [-0.39, 0.29) is 12.0 Å². The Morgan fingerprint density at radius 1 is 1.22 bits per heavy atom. The minimum Gasteiger partial charge on any atom is -0.486 e. The van der Waals surface area contributed by atoms with Gasteiger partial charge in [-0.05, 0) is 42.3 Å². The summed E-state index contributed by atoms with van der Waals surface area (Å²) in [4.78, 5) is 12.5. The van der Waals surface area contributed by atoms with Gasteiger partial charge in [0.05, 0.1) is 18.5 Å². The largest absolute Gasteiger partial charge is 0.486 e. The van der Waals surface area contributed by atoms with Crippen molar-refractivity contribution in [2.75, 3.05) is 30.3 Å². The van der Waals surface area contributed by atoms with Crippen LogP contribution in [0.2, 0.25) is 0 Å². The molecule has 142 valence electrons. The van der Waals surface area contributed by atoms with Crippen molar-refractivity contribution in [3.05, 3.63) is 53.6 Å². The van der Waals surface area contributed by atoms with E-state index in [0.717, 1.165) is 5.56 Å². The average Bonchev–Trinajstić information content (AvgIpc) is 3.09. The van der Waals surface area contributed by atoms with Crippen LogP contribution in [0.15, 0.2) is 42.5 Å². The van der Waals surface area contributed by atoms with Crippen molar-refractivity contribution in [1.82, 2.24) is 5.32 Å². The number of hydrogen-bond acceptors (Lipinski definition) is 5. The molecule has 0 saturated carbocycles. The lowest BCUT2D eigenvalue weighted by Gasteiger charge is -2.26. The molecule has 0 fully saturated rings. The highest BCUT2D eigenvalue weighted by Gasteiger charge is 2.27. The molecule has 4 rings (SSSR count). The fourth-order valence-corrected chi connectivity index (χ4v) is 4.29. The van der Waals surface area contributed by atoms with Crippen LogP contribution in [0.4, 0.5) is 5.69 Å². The van der Waals surface area contributed by atoms with Crippen LogP contribution >= 0.6 is 0 Å². The second-order valence-electron chi connectivity index (χ2n) is 6.64. The van der Waals surface area contributed by atoms with Crippen LogP contribution in [0.1, 0.15) is 15.9 Å². The number of rotatable bonds is 4. The molecular weight excluding hydrogens is 368 g/mol. The molecule has 1 N–H and O–H groups in total. The minimum absolute atomic E-state index is 0.224. The summed E-state index contributed by atoms with van der Waals surface area (Å²) >= 11 is 0. The Balaban J connectivity index is 1.40. The van der Waals surface area contributed by atoms with Gasteiger partial charge in [-0.25, -0.2) is 8.42 Å². The molecule has 0 aliphatic carbocycles. The zero-order chi connectivity index (χ0) is 19.0. The lowest BCUT2D eigenvalue weighted by molar-refractivity contribution is 0.0789. The number of anilines is 1. The lowest BCUT2D eigenvalue weighted by Crippen LogP contribution is -2.40. The molecule has 8 heteroatoms. The highest BCUT2D eigenvalue weighted by atomic mass is 32.2. The highest BCUT2D eigenvalue weighted by Crippen LogP contribution is 2.31. The van der Waals surface area contributed by atoms with Crippen LogP contribution in [0.3, 0.4) is 0 Å². The van der Waals surface area contributed by atoms with Crippen LogP contribution in [-0.4, -0.2) is 46.4 Å². The summed E-state index contributed by atoms with van der Waals surface area (Å²) in [6, 6.07) is 12.5. The number of carbonyl (C=O) groups is 1. The topological polar surface area (TPSA) is 84.9 Å². The zero-order valence-corrected chi connectivity index (χ0v) is 15.7. The van der Waals surface area contributed by atoms with Gasteiger partial charge in [-0.3, -0.25) is 9.10 Å². The van der Waals surface area contributed by atoms with Crippen LogP contribution in [0.5, 0.6) is 11.5 Å². The highest BCUT2D eigenvalue weighted by molar-refractivity contribution is 7.92. The van der Waals surface area contributed by atoms with Gasteiger partial charge in [-0.15, -0.1) is 0 Å². The molecule has 2 heterocycles. The predicted molar refractivity (Wildman–Crippen MR) is 101 cm³/mol. The predicted octanol–water partition coefficient (Wildman–Crippen LogP) is 1.58. The average molecular weight is 388 g/mol. The van der Waals surface area contributed by atoms with Crippen molar-refractivity contribution in [3.8, 4) is 11.5 Å². The van der Waals surface area contributed by atoms with Crippen molar-refractivity contribution < 1.29 is 22.7 Å². The van der Waals surface area contributed by atoms with Crippen molar-refractivity contribution in [1.29, 1.82) is 0 Å². The Kier molecular flexibility index (Phi) is 4.43. The SMILES string of the molecule is CS(=O)(=O)N1CCc2cc(C(=O)NC[C@H]3COc4ccccc4O3)ccc21. The molecule has 1 amide bonds. The molecule has 0 spiro atoms. The Labute approximate surface area is 157 Å². The molecule has 2 aromatic rings. The molecule has 2 aromatic carbocycles. The van der Waals surface area contributed by atoms with Gasteiger partial charge >= 0.3 is 0 Å². The second kappa shape index (κ2) is 6.77. The van der Waals surface area contributed by atoms with E-state index in [2.05, 4.69) is 5.32 Å². The molecule has 0 radical (unpaired) electrons. The summed E-state index contributed by atoms with van der Waals surface area (Å²) in [5.41, 5.74) is 2.01. The Morgan fingerprint density at radius 2 is 2.00 bits per heavy atom. The number of sulfonamides is 1. The number of amides is 1. The van der Waals surface area contributed by atoms with Gasteiger partial charge in [0.2, 0.25) is 10.0 Å². The molecule has 0 saturated heterocycles. The summed E-state index contributed by atoms with van der Waals surface area (Å²) in [6.45, 7) is 1.09. The van der Waals surface area contributed by atoms with Crippen molar-refractivity contribution in [3.63, 3.8) is 0 Å². The smallest absolute Gasteiger partial charge is 0.251 e. The van der Waals surface area contributed by atoms with Crippen LogP contribution in [0.25, 0.3) is 0 Å². The van der Waals surface area contributed by atoms with Crippen LogP contribution in [-0.2, 0) is 16.4 Å². The van der Waals surface area contributed by atoms with Gasteiger partial charge in [-0.1, -0.05) is 12.1 Å². The van der Waals surface area contributed by atoms with Crippen molar-refractivity contribution >= 4 is 21.6 Å². The zero-order valence-electron chi connectivity index (χ0n) is 14.8. The van der Waals surface area contributed by atoms with Gasteiger partial charge in [0.15, 0.2) is 11.5 Å². The fraction of sp³-hybridized carbons (Fsp3) is 0.316. The quantitative estimate of drug-likeness (QED) is 0.860. The molecule has 7 nitrogen and oxygen atoms in total. The number of benzene rings is 2. The molecule has 0 aromatic heterocycles. The Bertz CT molecular complexity index is 989. The van der Waals surface area contributed by atoms with Gasteiger partial charge in [0.25, 0.3) is 5.91 Å². The first-order chi connectivity index (χ1) is 12.9. The van der Waals surface area contributed by atoms with E-state index < -0.39 is 10.0 Å². The summed E-state index contributed by atoms with van der Waals surface area (Å²) in [6.07, 6.45) is 1.52.